The average Bonchev–Trinajstić information content (AvgIpc) is 3.04. The van der Waals surface area contributed by atoms with Gasteiger partial charge in [-0.05, 0) is 73.0 Å². The molecule has 0 aliphatic carbocycles. The summed E-state index contributed by atoms with van der Waals surface area (Å²) in [5.41, 5.74) is 1.75. The topological polar surface area (TPSA) is 86.8 Å². The Morgan fingerprint density at radius 3 is 2.02 bits per heavy atom. The van der Waals surface area contributed by atoms with Crippen LogP contribution in [0.15, 0.2) is 108 Å². The predicted octanol–water partition coefficient (Wildman–Crippen LogP) is 7.40. The summed E-state index contributed by atoms with van der Waals surface area (Å²) in [6, 6.07) is 27.3. The highest BCUT2D eigenvalue weighted by molar-refractivity contribution is 7.92. The van der Waals surface area contributed by atoms with Crippen LogP contribution in [0.1, 0.15) is 31.4 Å². The molecule has 0 bridgehead atoms. The van der Waals surface area contributed by atoms with E-state index in [1.807, 2.05) is 44.2 Å². The lowest BCUT2D eigenvalue weighted by Crippen LogP contribution is -2.54. The summed E-state index contributed by atoms with van der Waals surface area (Å²) >= 11 is 18.5. The van der Waals surface area contributed by atoms with Gasteiger partial charge >= 0.3 is 0 Å². The Morgan fingerprint density at radius 2 is 1.42 bits per heavy atom. The molecule has 11 heteroatoms. The summed E-state index contributed by atoms with van der Waals surface area (Å²) < 4.78 is 29.1. The van der Waals surface area contributed by atoms with Crippen molar-refractivity contribution in [2.45, 2.75) is 50.2 Å². The number of rotatable bonds is 13. The number of para-hydroxylation sites is 1. The van der Waals surface area contributed by atoms with Crippen LogP contribution in [-0.2, 0) is 32.6 Å². The predicted molar refractivity (Wildman–Crippen MR) is 181 cm³/mol. The number of halogens is 3. The zero-order chi connectivity index (χ0) is 32.6. The maximum Gasteiger partial charge on any atom is 0.264 e. The Labute approximate surface area is 279 Å². The van der Waals surface area contributed by atoms with Crippen LogP contribution in [0.2, 0.25) is 15.1 Å². The van der Waals surface area contributed by atoms with Crippen molar-refractivity contribution in [2.75, 3.05) is 10.8 Å². The molecule has 0 saturated heterocycles. The van der Waals surface area contributed by atoms with E-state index in [2.05, 4.69) is 5.32 Å². The van der Waals surface area contributed by atoms with E-state index in [0.717, 1.165) is 9.87 Å². The van der Waals surface area contributed by atoms with E-state index in [1.165, 1.54) is 29.2 Å². The molecule has 4 aromatic carbocycles. The molecule has 0 fully saturated rings. The van der Waals surface area contributed by atoms with E-state index in [-0.39, 0.29) is 29.8 Å². The van der Waals surface area contributed by atoms with Crippen LogP contribution in [0, 0.1) is 0 Å². The summed E-state index contributed by atoms with van der Waals surface area (Å²) in [6.07, 6.45) is 0.886. The van der Waals surface area contributed by atoms with Crippen molar-refractivity contribution in [1.29, 1.82) is 0 Å². The second-order valence-electron chi connectivity index (χ2n) is 10.6. The summed E-state index contributed by atoms with van der Waals surface area (Å²) in [5.74, 6) is -0.934. The van der Waals surface area contributed by atoms with E-state index in [0.29, 0.717) is 32.7 Å². The standard InChI is InChI=1S/C34H34Cl3N3O4S/c1-3-24(2)38-34(42)32(21-25-10-6-4-7-11-25)39(22-26-14-19-30(36)31(37)20-26)33(41)23-40(28-12-8-5-9-13-28)45(43,44)29-17-15-27(35)16-18-29/h4-20,24,32H,3,21-23H2,1-2H3,(H,38,42)/t24-,32+/m0/s1. The third-order valence-corrected chi connectivity index (χ3v) is 10.1. The highest BCUT2D eigenvalue weighted by Crippen LogP contribution is 2.27. The smallest absolute Gasteiger partial charge is 0.264 e. The average molecular weight is 687 g/mol. The highest BCUT2D eigenvalue weighted by atomic mass is 35.5. The molecule has 7 nitrogen and oxygen atoms in total. The van der Waals surface area contributed by atoms with Crippen molar-refractivity contribution in [1.82, 2.24) is 10.2 Å². The molecule has 2 amide bonds. The molecule has 0 aliphatic rings. The normalized spacial score (nSPS) is 12.6. The second kappa shape index (κ2) is 15.6. The number of amides is 2. The van der Waals surface area contributed by atoms with Gasteiger partial charge in [0.1, 0.15) is 12.6 Å². The molecule has 4 rings (SSSR count). The molecule has 0 aromatic heterocycles. The SMILES string of the molecule is CC[C@H](C)NC(=O)[C@@H](Cc1ccccc1)N(Cc1ccc(Cl)c(Cl)c1)C(=O)CN(c1ccccc1)S(=O)(=O)c1ccc(Cl)cc1. The van der Waals surface area contributed by atoms with Gasteiger partial charge in [0, 0.05) is 24.0 Å². The first-order valence-electron chi connectivity index (χ1n) is 14.4. The molecular weight excluding hydrogens is 653 g/mol. The second-order valence-corrected chi connectivity index (χ2v) is 13.7. The highest BCUT2D eigenvalue weighted by Gasteiger charge is 2.35. The number of sulfonamides is 1. The summed E-state index contributed by atoms with van der Waals surface area (Å²) in [4.78, 5) is 29.7. The van der Waals surface area contributed by atoms with Gasteiger partial charge in [-0.1, -0.05) is 96.3 Å². The Balaban J connectivity index is 1.80. The molecule has 2 atom stereocenters. The molecule has 236 valence electrons. The van der Waals surface area contributed by atoms with Gasteiger partial charge in [0.25, 0.3) is 10.0 Å². The lowest BCUT2D eigenvalue weighted by atomic mass is 10.0. The van der Waals surface area contributed by atoms with Gasteiger partial charge in [0.05, 0.1) is 20.6 Å². The first-order valence-corrected chi connectivity index (χ1v) is 17.0. The van der Waals surface area contributed by atoms with Crippen LogP contribution >= 0.6 is 34.8 Å². The van der Waals surface area contributed by atoms with Gasteiger partial charge in [-0.3, -0.25) is 13.9 Å². The van der Waals surface area contributed by atoms with E-state index in [9.17, 15) is 18.0 Å². The van der Waals surface area contributed by atoms with Crippen LogP contribution in [-0.4, -0.2) is 43.8 Å². The Kier molecular flexibility index (Phi) is 11.9. The first kappa shape index (κ1) is 34.3. The summed E-state index contributed by atoms with van der Waals surface area (Å²) in [6.45, 7) is 3.25. The largest absolute Gasteiger partial charge is 0.352 e. The molecule has 0 radical (unpaired) electrons. The van der Waals surface area contributed by atoms with Crippen molar-refractivity contribution in [3.8, 4) is 0 Å². The minimum Gasteiger partial charge on any atom is -0.352 e. The van der Waals surface area contributed by atoms with E-state index < -0.39 is 28.5 Å². The Morgan fingerprint density at radius 1 is 0.800 bits per heavy atom. The van der Waals surface area contributed by atoms with Crippen LogP contribution in [0.25, 0.3) is 0 Å². The Bertz CT molecular complexity index is 1710. The molecule has 0 heterocycles. The third-order valence-electron chi connectivity index (χ3n) is 7.33. The lowest BCUT2D eigenvalue weighted by Gasteiger charge is -2.34. The maximum absolute atomic E-state index is 14.5. The fourth-order valence-electron chi connectivity index (χ4n) is 4.69. The van der Waals surface area contributed by atoms with Gasteiger partial charge in [-0.2, -0.15) is 0 Å². The van der Waals surface area contributed by atoms with E-state index >= 15 is 0 Å². The summed E-state index contributed by atoms with van der Waals surface area (Å²) in [7, 11) is -4.22. The molecule has 45 heavy (non-hydrogen) atoms. The van der Waals surface area contributed by atoms with Crippen molar-refractivity contribution < 1.29 is 18.0 Å². The maximum atomic E-state index is 14.5. The van der Waals surface area contributed by atoms with E-state index in [1.54, 1.807) is 48.5 Å². The van der Waals surface area contributed by atoms with Gasteiger partial charge < -0.3 is 10.2 Å². The zero-order valence-electron chi connectivity index (χ0n) is 24.9. The van der Waals surface area contributed by atoms with Crippen LogP contribution in [0.5, 0.6) is 0 Å². The van der Waals surface area contributed by atoms with Crippen LogP contribution < -0.4 is 9.62 Å². The fraction of sp³-hybridized carbons (Fsp3) is 0.235. The van der Waals surface area contributed by atoms with Gasteiger partial charge in [0.15, 0.2) is 0 Å². The molecule has 0 aliphatic heterocycles. The van der Waals surface area contributed by atoms with E-state index in [4.69, 9.17) is 34.8 Å². The van der Waals surface area contributed by atoms with Crippen molar-refractivity contribution in [3.05, 3.63) is 129 Å². The number of anilines is 1. The third kappa shape index (κ3) is 9.01. The van der Waals surface area contributed by atoms with Crippen LogP contribution in [0.3, 0.4) is 0 Å². The van der Waals surface area contributed by atoms with Crippen molar-refractivity contribution in [3.63, 3.8) is 0 Å². The number of carbonyl (C=O) groups is 2. The number of hydrogen-bond donors (Lipinski definition) is 1. The van der Waals surface area contributed by atoms with Crippen molar-refractivity contribution in [2.24, 2.45) is 0 Å². The van der Waals surface area contributed by atoms with Crippen molar-refractivity contribution >= 4 is 62.3 Å². The minimum absolute atomic E-state index is 0.0230. The molecule has 1 N–H and O–H groups in total. The first-order chi connectivity index (χ1) is 21.5. The quantitative estimate of drug-likeness (QED) is 0.159. The Hall–Kier alpha value is -3.56. The monoisotopic (exact) mass is 685 g/mol. The zero-order valence-corrected chi connectivity index (χ0v) is 28.0. The number of hydrogen-bond acceptors (Lipinski definition) is 4. The molecule has 0 spiro atoms. The lowest BCUT2D eigenvalue weighted by molar-refractivity contribution is -0.140. The minimum atomic E-state index is -4.22. The number of nitrogens with zero attached hydrogens (tertiary/aromatic N) is 2. The number of nitrogens with one attached hydrogen (secondary N) is 1. The molecular formula is C34H34Cl3N3O4S. The summed E-state index contributed by atoms with van der Waals surface area (Å²) in [5, 5.41) is 4.03. The van der Waals surface area contributed by atoms with Crippen LogP contribution in [0.4, 0.5) is 5.69 Å². The molecule has 0 saturated carbocycles. The van der Waals surface area contributed by atoms with Gasteiger partial charge in [0.2, 0.25) is 11.8 Å². The molecule has 0 unspecified atom stereocenters. The number of benzene rings is 4. The molecule has 4 aromatic rings. The fourth-order valence-corrected chi connectivity index (χ4v) is 6.55. The van der Waals surface area contributed by atoms with Gasteiger partial charge in [-0.25, -0.2) is 8.42 Å². The van der Waals surface area contributed by atoms with Gasteiger partial charge in [-0.15, -0.1) is 0 Å². The number of carbonyl (C=O) groups excluding carboxylic acids is 2.